The fourth-order valence-corrected chi connectivity index (χ4v) is 2.76. The maximum Gasteiger partial charge on any atom is 0.272 e. The molecule has 2 heterocycles. The smallest absolute Gasteiger partial charge is 0.272 e. The number of pyridine rings is 1. The van der Waals surface area contributed by atoms with Gasteiger partial charge in [0, 0.05) is 24.0 Å². The Morgan fingerprint density at radius 3 is 2.59 bits per heavy atom. The zero-order valence-electron chi connectivity index (χ0n) is 15.2. The number of ether oxygens (including phenoxy) is 3. The first-order valence-corrected chi connectivity index (χ1v) is 8.89. The highest BCUT2D eigenvalue weighted by atomic mass is 19.1. The summed E-state index contributed by atoms with van der Waals surface area (Å²) in [5.41, 5.74) is 0.861. The van der Waals surface area contributed by atoms with Crippen molar-refractivity contribution in [1.29, 1.82) is 0 Å². The SMILES string of the molecule is O=C(Nc1ccc2c(c1)OCCO2)c1cc(=O)c(OCc2ccc(F)cc2)c[nH]1. The lowest BCUT2D eigenvalue weighted by Gasteiger charge is -2.19. The number of hydrogen-bond donors (Lipinski definition) is 2. The number of anilines is 1. The van der Waals surface area contributed by atoms with Gasteiger partial charge in [0.25, 0.3) is 5.91 Å². The molecule has 0 saturated heterocycles. The summed E-state index contributed by atoms with van der Waals surface area (Å²) in [5.74, 6) is 0.395. The first-order chi connectivity index (χ1) is 14.1. The Labute approximate surface area is 165 Å². The molecule has 29 heavy (non-hydrogen) atoms. The van der Waals surface area contributed by atoms with Crippen LogP contribution in [0.5, 0.6) is 17.2 Å². The normalized spacial score (nSPS) is 12.3. The number of halogens is 1. The van der Waals surface area contributed by atoms with Crippen LogP contribution in [0.4, 0.5) is 10.1 Å². The third-order valence-electron chi connectivity index (χ3n) is 4.23. The number of amides is 1. The van der Waals surface area contributed by atoms with Crippen LogP contribution in [-0.4, -0.2) is 24.1 Å². The van der Waals surface area contributed by atoms with Crippen molar-refractivity contribution in [3.8, 4) is 17.2 Å². The summed E-state index contributed by atoms with van der Waals surface area (Å²) in [4.78, 5) is 27.4. The van der Waals surface area contributed by atoms with E-state index in [0.717, 1.165) is 6.07 Å². The molecule has 1 aliphatic rings. The molecule has 1 aliphatic heterocycles. The Balaban J connectivity index is 1.42. The van der Waals surface area contributed by atoms with Crippen LogP contribution >= 0.6 is 0 Å². The summed E-state index contributed by atoms with van der Waals surface area (Å²) in [6, 6.07) is 12.0. The van der Waals surface area contributed by atoms with Crippen molar-refractivity contribution >= 4 is 11.6 Å². The van der Waals surface area contributed by atoms with E-state index in [0.29, 0.717) is 36.0 Å². The fraction of sp³-hybridized carbons (Fsp3) is 0.143. The van der Waals surface area contributed by atoms with Gasteiger partial charge in [0.2, 0.25) is 5.43 Å². The van der Waals surface area contributed by atoms with Gasteiger partial charge >= 0.3 is 0 Å². The fourth-order valence-electron chi connectivity index (χ4n) is 2.76. The molecule has 7 nitrogen and oxygen atoms in total. The summed E-state index contributed by atoms with van der Waals surface area (Å²) in [5, 5.41) is 2.70. The van der Waals surface area contributed by atoms with E-state index in [1.54, 1.807) is 30.3 Å². The maximum absolute atomic E-state index is 12.9. The van der Waals surface area contributed by atoms with Crippen LogP contribution in [0.25, 0.3) is 0 Å². The van der Waals surface area contributed by atoms with Crippen LogP contribution in [0, 0.1) is 5.82 Å². The first-order valence-electron chi connectivity index (χ1n) is 8.89. The molecular weight excluding hydrogens is 379 g/mol. The Hall–Kier alpha value is -3.81. The average molecular weight is 396 g/mol. The van der Waals surface area contributed by atoms with Crippen LogP contribution < -0.4 is 25.0 Å². The van der Waals surface area contributed by atoms with Crippen LogP contribution in [0.3, 0.4) is 0 Å². The van der Waals surface area contributed by atoms with E-state index in [1.807, 2.05) is 0 Å². The summed E-state index contributed by atoms with van der Waals surface area (Å²) in [7, 11) is 0. The second-order valence-corrected chi connectivity index (χ2v) is 6.30. The molecule has 0 radical (unpaired) electrons. The minimum absolute atomic E-state index is 0.0604. The van der Waals surface area contributed by atoms with E-state index in [1.165, 1.54) is 18.3 Å². The lowest BCUT2D eigenvalue weighted by atomic mass is 10.2. The number of benzene rings is 2. The van der Waals surface area contributed by atoms with Crippen LogP contribution in [-0.2, 0) is 6.61 Å². The quantitative estimate of drug-likeness (QED) is 0.692. The summed E-state index contributed by atoms with van der Waals surface area (Å²) >= 11 is 0. The van der Waals surface area contributed by atoms with Gasteiger partial charge < -0.3 is 24.5 Å². The lowest BCUT2D eigenvalue weighted by Crippen LogP contribution is -2.18. The molecule has 1 aromatic heterocycles. The zero-order valence-corrected chi connectivity index (χ0v) is 15.2. The van der Waals surface area contributed by atoms with Crippen LogP contribution in [0.2, 0.25) is 0 Å². The summed E-state index contributed by atoms with van der Waals surface area (Å²) in [6.45, 7) is 1.03. The minimum Gasteiger partial charge on any atom is -0.486 e. The number of rotatable bonds is 5. The van der Waals surface area contributed by atoms with Crippen molar-refractivity contribution in [2.45, 2.75) is 6.61 Å². The molecule has 0 saturated carbocycles. The Kier molecular flexibility index (Phi) is 5.15. The Morgan fingerprint density at radius 1 is 1.07 bits per heavy atom. The van der Waals surface area contributed by atoms with Crippen LogP contribution in [0.15, 0.2) is 59.5 Å². The van der Waals surface area contributed by atoms with Crippen LogP contribution in [0.1, 0.15) is 16.1 Å². The van der Waals surface area contributed by atoms with Gasteiger partial charge in [-0.2, -0.15) is 0 Å². The highest BCUT2D eigenvalue weighted by molar-refractivity contribution is 6.03. The van der Waals surface area contributed by atoms with Crippen molar-refractivity contribution in [3.05, 3.63) is 82.0 Å². The van der Waals surface area contributed by atoms with Crippen molar-refractivity contribution < 1.29 is 23.4 Å². The van der Waals surface area contributed by atoms with E-state index < -0.39 is 11.3 Å². The first kappa shape index (κ1) is 18.5. The predicted molar refractivity (Wildman–Crippen MR) is 103 cm³/mol. The monoisotopic (exact) mass is 396 g/mol. The van der Waals surface area contributed by atoms with Crippen molar-refractivity contribution in [3.63, 3.8) is 0 Å². The number of H-pyrrole nitrogens is 1. The molecule has 2 aromatic carbocycles. The van der Waals surface area contributed by atoms with Crippen molar-refractivity contribution in [1.82, 2.24) is 4.98 Å². The van der Waals surface area contributed by atoms with Crippen molar-refractivity contribution in [2.75, 3.05) is 18.5 Å². The molecule has 0 atom stereocenters. The second kappa shape index (κ2) is 8.05. The van der Waals surface area contributed by atoms with Gasteiger partial charge in [-0.25, -0.2) is 4.39 Å². The molecular formula is C21H17FN2O5. The van der Waals surface area contributed by atoms with Gasteiger partial charge in [0.05, 0.1) is 0 Å². The average Bonchev–Trinajstić information content (AvgIpc) is 2.74. The standard InChI is InChI=1S/C21H17FN2O5/c22-14-3-1-13(2-4-14)12-29-20-11-23-16(10-17(20)25)21(26)24-15-5-6-18-19(9-15)28-8-7-27-18/h1-6,9-11H,7-8,12H2,(H,23,25)(H,24,26). The minimum atomic E-state index is -0.483. The van der Waals surface area contributed by atoms with E-state index in [4.69, 9.17) is 14.2 Å². The molecule has 0 spiro atoms. The Bertz CT molecular complexity index is 1090. The van der Waals surface area contributed by atoms with E-state index >= 15 is 0 Å². The highest BCUT2D eigenvalue weighted by Crippen LogP contribution is 2.32. The summed E-state index contributed by atoms with van der Waals surface area (Å²) in [6.07, 6.45) is 1.32. The molecule has 0 unspecified atom stereocenters. The predicted octanol–water partition coefficient (Wildman–Crippen LogP) is 3.12. The molecule has 4 rings (SSSR count). The largest absolute Gasteiger partial charge is 0.486 e. The maximum atomic E-state index is 12.9. The molecule has 0 fully saturated rings. The molecule has 3 aromatic rings. The number of aromatic nitrogens is 1. The molecule has 148 valence electrons. The van der Waals surface area contributed by atoms with E-state index in [-0.39, 0.29) is 23.9 Å². The number of fused-ring (bicyclic) bond motifs is 1. The van der Waals surface area contributed by atoms with Gasteiger partial charge in [-0.05, 0) is 29.8 Å². The molecule has 8 heteroatoms. The molecule has 2 N–H and O–H groups in total. The number of carbonyl (C=O) groups is 1. The molecule has 1 amide bonds. The molecule has 0 bridgehead atoms. The van der Waals surface area contributed by atoms with Gasteiger partial charge in [0.1, 0.15) is 31.3 Å². The number of hydrogen-bond acceptors (Lipinski definition) is 5. The Morgan fingerprint density at radius 2 is 1.83 bits per heavy atom. The third-order valence-corrected chi connectivity index (χ3v) is 4.23. The number of carbonyl (C=O) groups excluding carboxylic acids is 1. The topological polar surface area (TPSA) is 89.7 Å². The number of aromatic amines is 1. The van der Waals surface area contributed by atoms with Gasteiger partial charge in [-0.1, -0.05) is 12.1 Å². The zero-order chi connectivity index (χ0) is 20.2. The lowest BCUT2D eigenvalue weighted by molar-refractivity contribution is 0.102. The molecule has 0 aliphatic carbocycles. The van der Waals surface area contributed by atoms with Gasteiger partial charge in [0.15, 0.2) is 17.2 Å². The van der Waals surface area contributed by atoms with E-state index in [2.05, 4.69) is 10.3 Å². The van der Waals surface area contributed by atoms with Gasteiger partial charge in [-0.15, -0.1) is 0 Å². The summed E-state index contributed by atoms with van der Waals surface area (Å²) < 4.78 is 29.3. The highest BCUT2D eigenvalue weighted by Gasteiger charge is 2.14. The van der Waals surface area contributed by atoms with Gasteiger partial charge in [-0.3, -0.25) is 9.59 Å². The van der Waals surface area contributed by atoms with Crippen molar-refractivity contribution in [2.24, 2.45) is 0 Å². The third kappa shape index (κ3) is 4.37. The van der Waals surface area contributed by atoms with E-state index in [9.17, 15) is 14.0 Å². The second-order valence-electron chi connectivity index (χ2n) is 6.30. The number of nitrogens with one attached hydrogen (secondary N) is 2.